The van der Waals surface area contributed by atoms with Gasteiger partial charge in [0, 0.05) is 44.0 Å². The van der Waals surface area contributed by atoms with E-state index in [2.05, 4.69) is 76.6 Å². The molecule has 6 heteroatoms. The van der Waals surface area contributed by atoms with Crippen LogP contribution in [0, 0.1) is 6.92 Å². The molecule has 3 aliphatic rings. The van der Waals surface area contributed by atoms with Crippen molar-refractivity contribution in [2.24, 2.45) is 4.99 Å². The van der Waals surface area contributed by atoms with Gasteiger partial charge in [-0.15, -0.1) is 11.3 Å². The molecule has 5 rings (SSSR count). The smallest absolute Gasteiger partial charge is 0.133 e. The summed E-state index contributed by atoms with van der Waals surface area (Å²) in [5.74, 6) is 1.01. The first kappa shape index (κ1) is 16.7. The molecule has 3 aliphatic heterocycles. The first-order valence-electron chi connectivity index (χ1n) is 9.47. The molecule has 1 fully saturated rings. The first-order chi connectivity index (χ1) is 13.2. The maximum absolute atomic E-state index is 4.90. The lowest BCUT2D eigenvalue weighted by Gasteiger charge is -2.37. The molecule has 0 spiro atoms. The zero-order chi connectivity index (χ0) is 18.4. The molecule has 0 amide bonds. The summed E-state index contributed by atoms with van der Waals surface area (Å²) < 4.78 is 1.23. The number of nitrogens with one attached hydrogen (secondary N) is 1. The third kappa shape index (κ3) is 3.19. The summed E-state index contributed by atoms with van der Waals surface area (Å²) in [6, 6.07) is 6.99. The second kappa shape index (κ2) is 6.62. The number of thiazole rings is 1. The lowest BCUT2D eigenvalue weighted by atomic mass is 10.1. The van der Waals surface area contributed by atoms with Crippen molar-refractivity contribution in [1.29, 1.82) is 0 Å². The van der Waals surface area contributed by atoms with E-state index in [0.29, 0.717) is 6.04 Å². The van der Waals surface area contributed by atoms with Gasteiger partial charge in [-0.2, -0.15) is 0 Å². The second-order valence-electron chi connectivity index (χ2n) is 7.32. The first-order valence-corrected chi connectivity index (χ1v) is 10.3. The summed E-state index contributed by atoms with van der Waals surface area (Å²) in [7, 11) is 0. The van der Waals surface area contributed by atoms with Gasteiger partial charge in [-0.05, 0) is 44.2 Å². The summed E-state index contributed by atoms with van der Waals surface area (Å²) in [6.07, 6.45) is 8.78. The number of hydrogen-bond acceptors (Lipinski definition) is 6. The molecule has 4 heterocycles. The number of hydrogen-bond donors (Lipinski definition) is 1. The van der Waals surface area contributed by atoms with Gasteiger partial charge in [-0.3, -0.25) is 0 Å². The lowest BCUT2D eigenvalue weighted by Crippen LogP contribution is -2.49. The minimum atomic E-state index is 0.528. The van der Waals surface area contributed by atoms with E-state index in [-0.39, 0.29) is 0 Å². The highest BCUT2D eigenvalue weighted by Gasteiger charge is 2.22. The Labute approximate surface area is 163 Å². The van der Waals surface area contributed by atoms with Crippen LogP contribution >= 0.6 is 11.3 Å². The van der Waals surface area contributed by atoms with Crippen LogP contribution < -0.4 is 5.32 Å². The van der Waals surface area contributed by atoms with Crippen LogP contribution in [0.1, 0.15) is 17.5 Å². The number of nitrogens with zero attached hydrogens (tertiary/aromatic N) is 4. The molecule has 0 bridgehead atoms. The van der Waals surface area contributed by atoms with Gasteiger partial charge in [0.2, 0.25) is 0 Å². The van der Waals surface area contributed by atoms with E-state index in [0.717, 1.165) is 53.8 Å². The Hall–Kier alpha value is -2.44. The average molecular weight is 378 g/mol. The van der Waals surface area contributed by atoms with E-state index in [4.69, 9.17) is 4.99 Å². The molecule has 5 nitrogen and oxygen atoms in total. The second-order valence-corrected chi connectivity index (χ2v) is 8.55. The summed E-state index contributed by atoms with van der Waals surface area (Å²) in [5.41, 5.74) is 4.51. The highest BCUT2D eigenvalue weighted by Crippen LogP contribution is 2.28. The van der Waals surface area contributed by atoms with Crippen molar-refractivity contribution >= 4 is 33.1 Å². The Morgan fingerprint density at radius 1 is 1.26 bits per heavy atom. The Bertz CT molecular complexity index is 1010. The molecule has 1 aromatic heterocycles. The third-order valence-electron chi connectivity index (χ3n) is 5.23. The van der Waals surface area contributed by atoms with Gasteiger partial charge in [0.1, 0.15) is 5.84 Å². The number of aromatic nitrogens is 1. The molecule has 0 unspecified atom stereocenters. The van der Waals surface area contributed by atoms with Gasteiger partial charge in [0.05, 0.1) is 26.6 Å². The summed E-state index contributed by atoms with van der Waals surface area (Å²) >= 11 is 1.74. The van der Waals surface area contributed by atoms with Crippen LogP contribution in [0.5, 0.6) is 0 Å². The van der Waals surface area contributed by atoms with E-state index in [1.807, 2.05) is 0 Å². The van der Waals surface area contributed by atoms with Crippen LogP contribution in [0.4, 0.5) is 0 Å². The predicted octanol–water partition coefficient (Wildman–Crippen LogP) is 3.36. The number of benzene rings is 1. The topological polar surface area (TPSA) is 43.8 Å². The van der Waals surface area contributed by atoms with Crippen LogP contribution in [0.2, 0.25) is 0 Å². The van der Waals surface area contributed by atoms with Crippen molar-refractivity contribution in [1.82, 2.24) is 20.1 Å². The van der Waals surface area contributed by atoms with Gasteiger partial charge in [0.15, 0.2) is 0 Å². The van der Waals surface area contributed by atoms with Crippen LogP contribution in [0.15, 0.2) is 53.3 Å². The maximum Gasteiger partial charge on any atom is 0.133 e. The average Bonchev–Trinajstić information content (AvgIpc) is 3.06. The molecule has 2 aromatic rings. The standard InChI is InChI=1S/C21H23N5S/c1-14-12-25(10-8-22-14)17-4-6-21-24-18(7-9-26(21)13-17)16-3-5-20-19(11-16)23-15(2)27-20/h3-7,11,13-14,22H,8-10,12H2,1-2H3/t14-/m0/s1. The largest absolute Gasteiger partial charge is 0.368 e. The van der Waals surface area contributed by atoms with Crippen LogP contribution in [-0.2, 0) is 0 Å². The van der Waals surface area contributed by atoms with E-state index < -0.39 is 0 Å². The molecule has 0 aliphatic carbocycles. The molecule has 138 valence electrons. The van der Waals surface area contributed by atoms with Crippen molar-refractivity contribution in [3.8, 4) is 0 Å². The van der Waals surface area contributed by atoms with E-state index in [1.54, 1.807) is 11.3 Å². The number of amidine groups is 1. The van der Waals surface area contributed by atoms with Crippen LogP contribution in [0.3, 0.4) is 0 Å². The number of rotatable bonds is 2. The molecule has 1 atom stereocenters. The highest BCUT2D eigenvalue weighted by atomic mass is 32.1. The monoisotopic (exact) mass is 377 g/mol. The summed E-state index contributed by atoms with van der Waals surface area (Å²) in [6.45, 7) is 8.27. The van der Waals surface area contributed by atoms with Crippen LogP contribution in [0.25, 0.3) is 15.9 Å². The molecule has 0 radical (unpaired) electrons. The summed E-state index contributed by atoms with van der Waals surface area (Å²) in [4.78, 5) is 14.2. The molecular weight excluding hydrogens is 354 g/mol. The minimum absolute atomic E-state index is 0.528. The quantitative estimate of drug-likeness (QED) is 0.872. The normalized spacial score (nSPS) is 22.4. The number of fused-ring (bicyclic) bond motifs is 2. The number of aliphatic imine (C=N–C) groups is 1. The Morgan fingerprint density at radius 2 is 2.19 bits per heavy atom. The highest BCUT2D eigenvalue weighted by molar-refractivity contribution is 7.18. The minimum Gasteiger partial charge on any atom is -0.368 e. The molecular formula is C21H23N5S. The molecule has 0 saturated carbocycles. The lowest BCUT2D eigenvalue weighted by molar-refractivity contribution is 0.258. The Morgan fingerprint density at radius 3 is 3.07 bits per heavy atom. The van der Waals surface area contributed by atoms with Crippen molar-refractivity contribution in [2.75, 3.05) is 26.2 Å². The molecule has 1 aromatic carbocycles. The van der Waals surface area contributed by atoms with Crippen LogP contribution in [-0.4, -0.2) is 52.8 Å². The molecule has 1 saturated heterocycles. The van der Waals surface area contributed by atoms with E-state index in [9.17, 15) is 0 Å². The number of piperazine rings is 1. The van der Waals surface area contributed by atoms with Crippen molar-refractivity contribution in [2.45, 2.75) is 19.9 Å². The van der Waals surface area contributed by atoms with E-state index >= 15 is 0 Å². The molecule has 1 N–H and O–H groups in total. The fourth-order valence-corrected chi connectivity index (χ4v) is 4.67. The zero-order valence-corrected chi connectivity index (χ0v) is 16.5. The van der Waals surface area contributed by atoms with Crippen molar-refractivity contribution in [3.63, 3.8) is 0 Å². The van der Waals surface area contributed by atoms with Gasteiger partial charge < -0.3 is 15.1 Å². The zero-order valence-electron chi connectivity index (χ0n) is 15.6. The predicted molar refractivity (Wildman–Crippen MR) is 113 cm³/mol. The van der Waals surface area contributed by atoms with Gasteiger partial charge in [0.25, 0.3) is 0 Å². The Kier molecular flexibility index (Phi) is 4.10. The fraction of sp³-hybridized carbons (Fsp3) is 0.333. The summed E-state index contributed by atoms with van der Waals surface area (Å²) in [5, 5.41) is 4.61. The number of aryl methyl sites for hydroxylation is 1. The van der Waals surface area contributed by atoms with Crippen molar-refractivity contribution in [3.05, 3.63) is 58.9 Å². The van der Waals surface area contributed by atoms with Gasteiger partial charge in [-0.1, -0.05) is 6.07 Å². The van der Waals surface area contributed by atoms with Crippen molar-refractivity contribution < 1.29 is 0 Å². The maximum atomic E-state index is 4.90. The molecule has 27 heavy (non-hydrogen) atoms. The third-order valence-corrected chi connectivity index (χ3v) is 6.18. The number of allylic oxidation sites excluding steroid dienone is 1. The van der Waals surface area contributed by atoms with Gasteiger partial charge >= 0.3 is 0 Å². The van der Waals surface area contributed by atoms with E-state index in [1.165, 1.54) is 10.4 Å². The SMILES string of the molecule is Cc1nc2cc(C3=CCN4C=C(N5CCN[C@@H](C)C5)C=CC4=N3)ccc2s1. The fourth-order valence-electron chi connectivity index (χ4n) is 3.86. The van der Waals surface area contributed by atoms with Gasteiger partial charge in [-0.25, -0.2) is 9.98 Å². The Balaban J connectivity index is 1.38.